The number of halogens is 6. The summed E-state index contributed by atoms with van der Waals surface area (Å²) in [6.45, 7) is 18.0. The van der Waals surface area contributed by atoms with Crippen molar-refractivity contribution in [1.29, 1.82) is 0 Å². The van der Waals surface area contributed by atoms with Crippen LogP contribution in [0.1, 0.15) is 55.1 Å². The third-order valence-corrected chi connectivity index (χ3v) is 19.5. The van der Waals surface area contributed by atoms with Crippen molar-refractivity contribution in [2.24, 2.45) is 0 Å². The number of carbonyl (C=O) groups is 3. The first-order chi connectivity index (χ1) is 54.8. The second-order valence-electron chi connectivity index (χ2n) is 28.3. The van der Waals surface area contributed by atoms with Gasteiger partial charge in [0.05, 0.1) is 17.1 Å². The Morgan fingerprint density at radius 1 is 0.412 bits per heavy atom. The molecule has 594 valence electrons. The number of carbonyl (C=O) groups excluding carboxylic acids is 3. The summed E-state index contributed by atoms with van der Waals surface area (Å²) >= 11 is 0. The molecule has 9 heterocycles. The summed E-state index contributed by atoms with van der Waals surface area (Å²) in [4.78, 5) is 88.3. The number of hydrogen-bond acceptors (Lipinski definition) is 21. The van der Waals surface area contributed by atoms with Crippen molar-refractivity contribution in [3.8, 4) is 34.9 Å². The quantitative estimate of drug-likeness (QED) is 0.0371. The Morgan fingerprint density at radius 2 is 0.719 bits per heavy atom. The number of hydrogen-bond donors (Lipinski definition) is 7. The molecule has 6 aromatic carbocycles. The van der Waals surface area contributed by atoms with Gasteiger partial charge in [-0.15, -0.1) is 0 Å². The minimum atomic E-state index is -0.580. The molecule has 0 aliphatic carbocycles. The zero-order chi connectivity index (χ0) is 80.8. The maximum Gasteiger partial charge on any atom is 0.262 e. The molecular weight excluding hydrogens is 1480 g/mol. The Hall–Kier alpha value is -12.8. The molecule has 0 spiro atoms. The lowest BCUT2D eigenvalue weighted by molar-refractivity contribution is 0.0817. The molecule has 0 unspecified atom stereocenters. The number of amides is 3. The second kappa shape index (κ2) is 34.5. The van der Waals surface area contributed by atoms with E-state index >= 15 is 22.0 Å². The lowest BCUT2D eigenvalue weighted by atomic mass is 10.2. The maximum absolute atomic E-state index is 15.2. The number of nitrogens with one attached hydrogen (secondary N) is 7. The number of fused-ring (bicyclic) bond motifs is 3. The Labute approximate surface area is 653 Å². The summed E-state index contributed by atoms with van der Waals surface area (Å²) in [5, 5.41) is 13.4. The fraction of sp³-hybridized carbons (Fsp3) is 0.296. The van der Waals surface area contributed by atoms with Crippen LogP contribution in [0.15, 0.2) is 128 Å². The normalized spacial score (nSPS) is 13.9. The predicted molar refractivity (Wildman–Crippen MR) is 428 cm³/mol. The first-order valence-electron chi connectivity index (χ1n) is 36.9. The summed E-state index contributed by atoms with van der Waals surface area (Å²) in [6, 6.07) is 28.9. The molecule has 3 fully saturated rings. The van der Waals surface area contributed by atoms with E-state index in [0.717, 1.165) is 89.1 Å². The van der Waals surface area contributed by atoms with Crippen molar-refractivity contribution in [1.82, 2.24) is 74.7 Å². The number of likely N-dealkylation sites (N-methyl/N-ethyl adjacent to an activating group) is 2. The summed E-state index contributed by atoms with van der Waals surface area (Å²) in [7, 11) is 11.5. The van der Waals surface area contributed by atoms with Crippen LogP contribution < -0.4 is 50.2 Å². The molecule has 7 N–H and O–H groups in total. The van der Waals surface area contributed by atoms with E-state index in [0.29, 0.717) is 79.9 Å². The van der Waals surface area contributed by atoms with Crippen LogP contribution in [0.2, 0.25) is 0 Å². The van der Waals surface area contributed by atoms with Crippen LogP contribution in [0.25, 0.3) is 32.7 Å². The summed E-state index contributed by atoms with van der Waals surface area (Å²) < 4.78 is 108. The highest BCUT2D eigenvalue weighted by atomic mass is 19.1. The molecule has 12 aromatic rings. The van der Waals surface area contributed by atoms with E-state index in [-0.39, 0.29) is 80.7 Å². The number of nitrogens with zero attached hydrogens (tertiary/aromatic N) is 14. The zero-order valence-corrected chi connectivity index (χ0v) is 64.8. The number of H-pyrrole nitrogens is 3. The zero-order valence-electron chi connectivity index (χ0n) is 64.8. The average molecular weight is 1560 g/mol. The third kappa shape index (κ3) is 17.6. The van der Waals surface area contributed by atoms with Gasteiger partial charge < -0.3 is 89.6 Å². The SMILES string of the molecule is CCN1CCN(c2ccc(Nc3ncnc(Oc4ccc5[nH]c(C)cc5c4F)c3C(=O)N(C)C)cc2F)CC1.Cc1cc2c(F)c(Oc3ncnc(Nc4ccc(N5CCN(C)CC5)c(F)c4)c3C(=O)N(C)C)ccc2[nH]1.Cc1cc2c(F)c(Oc3ncnc(Nc4ccc(N5CCNCC5)c(F)c4)c3C(=O)N(C)C)ccc2[nH]1. The molecule has 0 bridgehead atoms. The van der Waals surface area contributed by atoms with Crippen molar-refractivity contribution in [3.05, 3.63) is 197 Å². The van der Waals surface area contributed by atoms with Gasteiger partial charge in [-0.05, 0) is 144 Å². The molecule has 0 saturated carbocycles. The summed E-state index contributed by atoms with van der Waals surface area (Å²) in [6.07, 6.45) is 3.61. The second-order valence-corrected chi connectivity index (χ2v) is 28.3. The Balaban J connectivity index is 0.000000149. The van der Waals surface area contributed by atoms with Crippen LogP contribution in [0.3, 0.4) is 0 Å². The number of aryl methyl sites for hydroxylation is 3. The van der Waals surface area contributed by atoms with Crippen molar-refractivity contribution < 1.29 is 54.9 Å². The number of aromatic amines is 3. The fourth-order valence-electron chi connectivity index (χ4n) is 13.5. The number of benzene rings is 6. The highest BCUT2D eigenvalue weighted by molar-refractivity contribution is 6.03. The fourth-order valence-corrected chi connectivity index (χ4v) is 13.5. The molecule has 3 saturated heterocycles. The predicted octanol–water partition coefficient (Wildman–Crippen LogP) is 13.6. The van der Waals surface area contributed by atoms with Crippen molar-refractivity contribution >= 4 is 102 Å². The minimum Gasteiger partial charge on any atom is -0.435 e. The lowest BCUT2D eigenvalue weighted by Gasteiger charge is -2.35. The van der Waals surface area contributed by atoms with Crippen LogP contribution in [0.4, 0.5) is 77.9 Å². The van der Waals surface area contributed by atoms with Gasteiger partial charge in [-0.25, -0.2) is 56.2 Å². The summed E-state index contributed by atoms with van der Waals surface area (Å²) in [5.41, 5.74) is 7.02. The van der Waals surface area contributed by atoms with Gasteiger partial charge in [-0.1, -0.05) is 6.92 Å². The number of rotatable bonds is 19. The largest absolute Gasteiger partial charge is 0.435 e. The van der Waals surface area contributed by atoms with Gasteiger partial charge in [-0.2, -0.15) is 0 Å². The third-order valence-electron chi connectivity index (χ3n) is 19.5. The van der Waals surface area contributed by atoms with Crippen LogP contribution in [-0.2, 0) is 0 Å². The number of ether oxygens (including phenoxy) is 3. The molecule has 33 heteroatoms. The highest BCUT2D eigenvalue weighted by Crippen LogP contribution is 2.40. The van der Waals surface area contributed by atoms with Gasteiger partial charge >= 0.3 is 0 Å². The van der Waals surface area contributed by atoms with Crippen molar-refractivity contribution in [2.45, 2.75) is 27.7 Å². The van der Waals surface area contributed by atoms with E-state index in [1.54, 1.807) is 115 Å². The van der Waals surface area contributed by atoms with Crippen LogP contribution >= 0.6 is 0 Å². The van der Waals surface area contributed by atoms with E-state index in [4.69, 9.17) is 14.2 Å². The molecular formula is C81H87F6N21O6. The Kier molecular flexibility index (Phi) is 24.0. The monoisotopic (exact) mass is 1560 g/mol. The maximum atomic E-state index is 15.2. The molecule has 3 amide bonds. The lowest BCUT2D eigenvalue weighted by Crippen LogP contribution is -2.46. The van der Waals surface area contributed by atoms with Crippen LogP contribution in [-0.4, -0.2) is 221 Å². The Bertz CT molecular complexity index is 5540. The number of aromatic nitrogens is 9. The van der Waals surface area contributed by atoms with Gasteiger partial charge in [0, 0.05) is 188 Å². The number of anilines is 9. The summed E-state index contributed by atoms with van der Waals surface area (Å²) in [5.74, 6) is -4.58. The standard InChI is InChI=1S/C28H31F2N7O2.C27H29F2N7O2.C26H27F2N7O2/c1-5-36-10-12-37(13-11-36)22-8-6-18(15-20(22)29)34-26-24(28(38)35(3)4)27(32-16-31-26)39-23-9-7-21-19(25(23)30)14-17(2)33-21;1-16-13-18-20(32-16)6-8-22(24(18)29)38-26-23(27(37)34(2)3)25(30-15-31-26)33-17-5-7-21(19(28)14-17)36-11-9-35(4)10-12-36;1-15-12-17-19(32-15)5-7-21(23(17)28)37-25-22(26(36)34(2)3)24(30-14-31-25)33-16-4-6-20(18(27)13-16)35-10-8-29-9-11-35/h6-9,14-16,33H,5,10-13H2,1-4H3,(H,31,32,34);5-8,13-15,32H,9-12H2,1-4H3,(H,30,31,33);4-7,12-14,29,32H,8-11H2,1-3H3,(H,30,31,33). The van der Waals surface area contributed by atoms with E-state index in [2.05, 4.69) is 82.8 Å². The molecule has 3 aliphatic rings. The van der Waals surface area contributed by atoms with E-state index in [1.807, 2.05) is 42.5 Å². The highest BCUT2D eigenvalue weighted by Gasteiger charge is 2.30. The van der Waals surface area contributed by atoms with E-state index in [1.165, 1.54) is 70.1 Å². The molecule has 0 atom stereocenters. The van der Waals surface area contributed by atoms with Crippen molar-refractivity contribution in [2.75, 3.05) is 165 Å². The van der Waals surface area contributed by atoms with Gasteiger partial charge in [-0.3, -0.25) is 14.4 Å². The molecule has 0 radical (unpaired) electrons. The first kappa shape index (κ1) is 79.3. The van der Waals surface area contributed by atoms with E-state index in [9.17, 15) is 18.8 Å². The molecule has 27 nitrogen and oxygen atoms in total. The van der Waals surface area contributed by atoms with Crippen molar-refractivity contribution in [3.63, 3.8) is 0 Å². The first-order valence-corrected chi connectivity index (χ1v) is 36.9. The van der Waals surface area contributed by atoms with Gasteiger partial charge in [0.25, 0.3) is 17.7 Å². The molecule has 3 aliphatic heterocycles. The smallest absolute Gasteiger partial charge is 0.262 e. The molecule has 15 rings (SSSR count). The average Bonchev–Trinajstić information content (AvgIpc) is 1.62. The molecule has 6 aromatic heterocycles. The molecule has 114 heavy (non-hydrogen) atoms. The van der Waals surface area contributed by atoms with Crippen LogP contribution in [0, 0.1) is 55.7 Å². The van der Waals surface area contributed by atoms with Crippen LogP contribution in [0.5, 0.6) is 34.9 Å². The number of piperazine rings is 3. The topological polar surface area (TPSA) is 278 Å². The van der Waals surface area contributed by atoms with Gasteiger partial charge in [0.2, 0.25) is 17.6 Å². The minimum absolute atomic E-state index is 0.00702. The van der Waals surface area contributed by atoms with Gasteiger partial charge in [0.15, 0.2) is 52.2 Å². The van der Waals surface area contributed by atoms with E-state index < -0.39 is 41.0 Å². The Morgan fingerprint density at radius 3 is 1.02 bits per heavy atom. The van der Waals surface area contributed by atoms with Gasteiger partial charge in [0.1, 0.15) is 53.1 Å².